The first-order valence-corrected chi connectivity index (χ1v) is 8.73. The maximum absolute atomic E-state index is 12.3. The standard InChI is InChI=1S/C15H13ClN4O3S/c1-10-7-15(19-23-10)18-14-6-5-12(9-17-14)20-24(21,22)13-4-2-3-11(16)8-13/h2-9,20H,1H3,(H,17,18,19). The van der Waals surface area contributed by atoms with Crippen LogP contribution in [0.5, 0.6) is 0 Å². The van der Waals surface area contributed by atoms with Gasteiger partial charge in [0, 0.05) is 11.1 Å². The number of benzene rings is 1. The van der Waals surface area contributed by atoms with E-state index in [1.807, 2.05) is 0 Å². The van der Waals surface area contributed by atoms with Gasteiger partial charge in [0.2, 0.25) is 0 Å². The molecule has 0 aliphatic carbocycles. The van der Waals surface area contributed by atoms with E-state index in [4.69, 9.17) is 16.1 Å². The molecule has 0 unspecified atom stereocenters. The molecule has 3 aromatic rings. The molecule has 1 aromatic carbocycles. The molecule has 2 heterocycles. The number of aryl methyl sites for hydroxylation is 1. The van der Waals surface area contributed by atoms with E-state index in [2.05, 4.69) is 20.2 Å². The van der Waals surface area contributed by atoms with Gasteiger partial charge >= 0.3 is 0 Å². The highest BCUT2D eigenvalue weighted by Gasteiger charge is 2.14. The minimum absolute atomic E-state index is 0.0790. The van der Waals surface area contributed by atoms with Crippen molar-refractivity contribution in [3.05, 3.63) is 59.4 Å². The maximum Gasteiger partial charge on any atom is 0.261 e. The summed E-state index contributed by atoms with van der Waals surface area (Å²) in [6.07, 6.45) is 1.40. The summed E-state index contributed by atoms with van der Waals surface area (Å²) >= 11 is 5.83. The van der Waals surface area contributed by atoms with E-state index in [0.717, 1.165) is 0 Å². The molecule has 3 rings (SSSR count). The molecule has 0 radical (unpaired) electrons. The average Bonchev–Trinajstić information content (AvgIpc) is 2.94. The van der Waals surface area contributed by atoms with Gasteiger partial charge in [-0.25, -0.2) is 13.4 Å². The number of anilines is 3. The Morgan fingerprint density at radius 1 is 1.12 bits per heavy atom. The van der Waals surface area contributed by atoms with Crippen LogP contribution in [0.15, 0.2) is 58.1 Å². The topological polar surface area (TPSA) is 97.1 Å². The number of aromatic nitrogens is 2. The lowest BCUT2D eigenvalue weighted by atomic mass is 10.4. The molecule has 0 saturated heterocycles. The Bertz CT molecular complexity index is 955. The lowest BCUT2D eigenvalue weighted by Gasteiger charge is -2.09. The number of pyridine rings is 1. The zero-order valence-corrected chi connectivity index (χ0v) is 14.1. The van der Waals surface area contributed by atoms with Crippen molar-refractivity contribution in [1.82, 2.24) is 10.1 Å². The van der Waals surface area contributed by atoms with Crippen molar-refractivity contribution in [3.8, 4) is 0 Å². The average molecular weight is 365 g/mol. The summed E-state index contributed by atoms with van der Waals surface area (Å²) in [4.78, 5) is 4.21. The zero-order valence-electron chi connectivity index (χ0n) is 12.5. The highest BCUT2D eigenvalue weighted by Crippen LogP contribution is 2.20. The molecule has 0 spiro atoms. The Kier molecular flexibility index (Phi) is 4.41. The second-order valence-electron chi connectivity index (χ2n) is 4.94. The Hall–Kier alpha value is -2.58. The molecule has 9 heteroatoms. The fourth-order valence-corrected chi connectivity index (χ4v) is 3.28. The van der Waals surface area contributed by atoms with Gasteiger partial charge in [-0.05, 0) is 37.3 Å². The van der Waals surface area contributed by atoms with Gasteiger partial charge in [0.1, 0.15) is 11.6 Å². The normalized spacial score (nSPS) is 11.2. The quantitative estimate of drug-likeness (QED) is 0.718. The van der Waals surface area contributed by atoms with Crippen LogP contribution in [0, 0.1) is 6.92 Å². The van der Waals surface area contributed by atoms with E-state index in [1.165, 1.54) is 18.3 Å². The molecule has 0 fully saturated rings. The predicted octanol–water partition coefficient (Wildman–Crippen LogP) is 3.58. The van der Waals surface area contributed by atoms with Gasteiger partial charge in [-0.15, -0.1) is 0 Å². The first-order chi connectivity index (χ1) is 11.4. The van der Waals surface area contributed by atoms with Crippen LogP contribution in [-0.2, 0) is 10.0 Å². The van der Waals surface area contributed by atoms with Crippen LogP contribution in [0.3, 0.4) is 0 Å². The van der Waals surface area contributed by atoms with Crippen molar-refractivity contribution in [2.75, 3.05) is 10.0 Å². The zero-order chi connectivity index (χ0) is 17.2. The predicted molar refractivity (Wildman–Crippen MR) is 91.0 cm³/mol. The third kappa shape index (κ3) is 3.84. The maximum atomic E-state index is 12.3. The van der Waals surface area contributed by atoms with Gasteiger partial charge in [-0.3, -0.25) is 4.72 Å². The Morgan fingerprint density at radius 3 is 2.58 bits per heavy atom. The summed E-state index contributed by atoms with van der Waals surface area (Å²) in [5.41, 5.74) is 0.330. The van der Waals surface area contributed by atoms with Crippen LogP contribution >= 0.6 is 11.6 Å². The van der Waals surface area contributed by atoms with Gasteiger partial charge < -0.3 is 9.84 Å². The van der Waals surface area contributed by atoms with Crippen LogP contribution in [0.1, 0.15) is 5.76 Å². The van der Waals surface area contributed by atoms with Gasteiger partial charge in [0.15, 0.2) is 5.82 Å². The smallest absolute Gasteiger partial charge is 0.261 e. The lowest BCUT2D eigenvalue weighted by molar-refractivity contribution is 0.400. The second kappa shape index (κ2) is 6.50. The van der Waals surface area contributed by atoms with Crippen LogP contribution < -0.4 is 10.0 Å². The van der Waals surface area contributed by atoms with Crippen LogP contribution in [0.4, 0.5) is 17.3 Å². The fourth-order valence-electron chi connectivity index (χ4n) is 1.93. The summed E-state index contributed by atoms with van der Waals surface area (Å²) < 4.78 is 32.0. The van der Waals surface area contributed by atoms with Crippen molar-refractivity contribution in [2.45, 2.75) is 11.8 Å². The molecule has 0 amide bonds. The number of hydrogen-bond acceptors (Lipinski definition) is 6. The second-order valence-corrected chi connectivity index (χ2v) is 7.06. The van der Waals surface area contributed by atoms with Crippen LogP contribution in [-0.4, -0.2) is 18.6 Å². The molecular weight excluding hydrogens is 352 g/mol. The van der Waals surface area contributed by atoms with Crippen molar-refractivity contribution >= 4 is 38.9 Å². The Morgan fingerprint density at radius 2 is 1.96 bits per heavy atom. The number of nitrogens with one attached hydrogen (secondary N) is 2. The highest BCUT2D eigenvalue weighted by atomic mass is 35.5. The van der Waals surface area contributed by atoms with E-state index in [1.54, 1.807) is 37.3 Å². The molecule has 0 atom stereocenters. The summed E-state index contributed by atoms with van der Waals surface area (Å²) in [5.74, 6) is 1.70. The summed E-state index contributed by atoms with van der Waals surface area (Å²) in [7, 11) is -3.73. The minimum atomic E-state index is -3.73. The molecule has 2 N–H and O–H groups in total. The Balaban J connectivity index is 1.74. The van der Waals surface area contributed by atoms with E-state index in [-0.39, 0.29) is 4.90 Å². The van der Waals surface area contributed by atoms with Crippen LogP contribution in [0.2, 0.25) is 5.02 Å². The highest BCUT2D eigenvalue weighted by molar-refractivity contribution is 7.92. The number of rotatable bonds is 5. The van der Waals surface area contributed by atoms with E-state index >= 15 is 0 Å². The molecular formula is C15H13ClN4O3S. The third-order valence-corrected chi connectivity index (χ3v) is 4.62. The SMILES string of the molecule is Cc1cc(Nc2ccc(NS(=O)(=O)c3cccc(Cl)c3)cn2)no1. The summed E-state index contributed by atoms with van der Waals surface area (Å²) in [6.45, 7) is 1.78. The largest absolute Gasteiger partial charge is 0.360 e. The number of sulfonamides is 1. The van der Waals surface area contributed by atoms with Crippen molar-refractivity contribution < 1.29 is 12.9 Å². The lowest BCUT2D eigenvalue weighted by Crippen LogP contribution is -2.13. The van der Waals surface area contributed by atoms with Gasteiger partial charge in [-0.2, -0.15) is 0 Å². The van der Waals surface area contributed by atoms with Gasteiger partial charge in [-0.1, -0.05) is 22.8 Å². The van der Waals surface area contributed by atoms with E-state index < -0.39 is 10.0 Å². The van der Waals surface area contributed by atoms with Gasteiger partial charge in [0.05, 0.1) is 16.8 Å². The first-order valence-electron chi connectivity index (χ1n) is 6.87. The molecule has 7 nitrogen and oxygen atoms in total. The van der Waals surface area contributed by atoms with Crippen molar-refractivity contribution in [2.24, 2.45) is 0 Å². The molecule has 124 valence electrons. The summed E-state index contributed by atoms with van der Waals surface area (Å²) in [5, 5.41) is 7.08. The number of halogens is 1. The van der Waals surface area contributed by atoms with Crippen molar-refractivity contribution in [1.29, 1.82) is 0 Å². The number of hydrogen-bond donors (Lipinski definition) is 2. The molecule has 0 saturated carbocycles. The van der Waals surface area contributed by atoms with Crippen molar-refractivity contribution in [3.63, 3.8) is 0 Å². The molecule has 2 aromatic heterocycles. The monoisotopic (exact) mass is 364 g/mol. The minimum Gasteiger partial charge on any atom is -0.360 e. The van der Waals surface area contributed by atoms with Crippen LogP contribution in [0.25, 0.3) is 0 Å². The Labute approximate surface area is 143 Å². The molecule has 0 aliphatic rings. The van der Waals surface area contributed by atoms with E-state index in [9.17, 15) is 8.42 Å². The number of nitrogens with zero attached hydrogens (tertiary/aromatic N) is 2. The molecule has 0 bridgehead atoms. The van der Waals surface area contributed by atoms with E-state index in [0.29, 0.717) is 28.1 Å². The fraction of sp³-hybridized carbons (Fsp3) is 0.0667. The third-order valence-electron chi connectivity index (χ3n) is 3.01. The van der Waals surface area contributed by atoms with Gasteiger partial charge in [0.25, 0.3) is 10.0 Å². The molecule has 24 heavy (non-hydrogen) atoms. The summed E-state index contributed by atoms with van der Waals surface area (Å²) in [6, 6.07) is 10.9. The first kappa shape index (κ1) is 16.3. The molecule has 0 aliphatic heterocycles.